The molecule has 126 valence electrons. The molecule has 0 spiro atoms. The van der Waals surface area contributed by atoms with Crippen molar-refractivity contribution in [2.75, 3.05) is 18.6 Å². The van der Waals surface area contributed by atoms with E-state index >= 15 is 0 Å². The zero-order chi connectivity index (χ0) is 17.3. The molecule has 0 aliphatic rings. The smallest absolute Gasteiger partial charge is 0.167 e. The monoisotopic (exact) mass is 491 g/mol. The molecule has 2 heterocycles. The van der Waals surface area contributed by atoms with E-state index in [9.17, 15) is 0 Å². The first-order chi connectivity index (χ1) is 11.5. The third kappa shape index (κ3) is 3.45. The van der Waals surface area contributed by atoms with Gasteiger partial charge in [0.1, 0.15) is 16.5 Å². The van der Waals surface area contributed by atoms with Gasteiger partial charge in [-0.3, -0.25) is 8.70 Å². The second kappa shape index (κ2) is 7.64. The van der Waals surface area contributed by atoms with Gasteiger partial charge < -0.3 is 5.32 Å². The number of aromatic nitrogens is 3. The van der Waals surface area contributed by atoms with Crippen molar-refractivity contribution in [2.24, 2.45) is 4.36 Å². The van der Waals surface area contributed by atoms with Crippen molar-refractivity contribution in [3.05, 3.63) is 41.3 Å². The van der Waals surface area contributed by atoms with E-state index in [0.717, 1.165) is 33.3 Å². The summed E-state index contributed by atoms with van der Waals surface area (Å²) in [5.41, 5.74) is 3.52. The number of anilines is 2. The van der Waals surface area contributed by atoms with Gasteiger partial charge in [-0.05, 0) is 47.4 Å². The third-order valence-corrected chi connectivity index (χ3v) is 7.47. The van der Waals surface area contributed by atoms with E-state index in [1.165, 1.54) is 0 Å². The zero-order valence-electron chi connectivity index (χ0n) is 13.3. The summed E-state index contributed by atoms with van der Waals surface area (Å²) >= 11 is 8.58. The average molecular weight is 492 g/mol. The van der Waals surface area contributed by atoms with Crippen molar-refractivity contribution in [1.29, 1.82) is 0 Å². The van der Waals surface area contributed by atoms with Crippen LogP contribution in [-0.2, 0) is 10.7 Å². The largest absolute Gasteiger partial charge is 0.353 e. The number of hydrogen-bond acceptors (Lipinski definition) is 4. The lowest BCUT2D eigenvalue weighted by Gasteiger charge is -2.13. The first-order valence-corrected chi connectivity index (χ1v) is 13.1. The van der Waals surface area contributed by atoms with E-state index in [1.807, 2.05) is 38.2 Å². The number of hydrogen-bond donors (Lipinski definition) is 1. The quantitative estimate of drug-likeness (QED) is 0.304. The molecule has 2 atom stereocenters. The maximum atomic E-state index is 6.25. The van der Waals surface area contributed by atoms with E-state index in [1.54, 1.807) is 0 Å². The van der Waals surface area contributed by atoms with E-state index in [4.69, 9.17) is 11.6 Å². The Bertz CT molecular complexity index is 943. The maximum absolute atomic E-state index is 6.25. The van der Waals surface area contributed by atoms with Crippen LogP contribution >= 0.6 is 40.0 Å². The molecule has 1 N–H and O–H groups in total. The van der Waals surface area contributed by atoms with Gasteiger partial charge in [0.25, 0.3) is 0 Å². The number of benzene rings is 1. The molecule has 0 radical (unpaired) electrons. The van der Waals surface area contributed by atoms with Gasteiger partial charge in [0, 0.05) is 18.0 Å². The lowest BCUT2D eigenvalue weighted by molar-refractivity contribution is 1.10. The Hall–Kier alpha value is -0.760. The van der Waals surface area contributed by atoms with E-state index in [-0.39, 0.29) is 10.7 Å². The molecule has 0 saturated carbocycles. The predicted molar refractivity (Wildman–Crippen MR) is 115 cm³/mol. The molecule has 9 heteroatoms. The average Bonchev–Trinajstić information content (AvgIpc) is 2.90. The fraction of sp³-hybridized carbons (Fsp3) is 0.200. The van der Waals surface area contributed by atoms with Crippen LogP contribution in [-0.4, -0.2) is 27.6 Å². The van der Waals surface area contributed by atoms with Crippen molar-refractivity contribution in [1.82, 2.24) is 14.3 Å². The molecule has 0 amide bonds. The number of nitrogens with zero attached hydrogens (tertiary/aromatic N) is 4. The van der Waals surface area contributed by atoms with Crippen molar-refractivity contribution >= 4 is 73.2 Å². The topological polar surface area (TPSA) is 55.1 Å². The molecule has 5 nitrogen and oxygen atoms in total. The standard InChI is InChI=1S/C15H16ClIN5PS/c1-9-19-14-11(8-13(16)21-15(14)22(9)23-17)20-10-6-4-5-7-12(10)24(3)18-2/h4-8,23H,1-3H3,(H,20,21). The van der Waals surface area contributed by atoms with Gasteiger partial charge in [-0.25, -0.2) is 9.97 Å². The molecule has 2 unspecified atom stereocenters. The highest BCUT2D eigenvalue weighted by Crippen LogP contribution is 2.35. The van der Waals surface area contributed by atoms with Crippen LogP contribution in [0.3, 0.4) is 0 Å². The van der Waals surface area contributed by atoms with E-state index in [0.29, 0.717) is 11.5 Å². The number of rotatable bonds is 4. The molecule has 0 fully saturated rings. The van der Waals surface area contributed by atoms with Gasteiger partial charge in [0.2, 0.25) is 0 Å². The molecular weight excluding hydrogens is 476 g/mol. The van der Waals surface area contributed by atoms with Crippen LogP contribution in [0.4, 0.5) is 11.4 Å². The Labute approximate surface area is 163 Å². The highest BCUT2D eigenvalue weighted by Gasteiger charge is 2.15. The molecule has 0 aliphatic heterocycles. The second-order valence-corrected chi connectivity index (χ2v) is 9.24. The van der Waals surface area contributed by atoms with Gasteiger partial charge in [0.05, 0.1) is 17.7 Å². The lowest BCUT2D eigenvalue weighted by Crippen LogP contribution is -1.99. The number of pyridine rings is 1. The summed E-state index contributed by atoms with van der Waals surface area (Å²) in [5.74, 6) is 0.933. The van der Waals surface area contributed by atoms with Crippen molar-refractivity contribution in [2.45, 2.75) is 11.8 Å². The molecule has 3 rings (SSSR count). The summed E-state index contributed by atoms with van der Waals surface area (Å²) in [5, 5.41) is 3.94. The van der Waals surface area contributed by atoms with Crippen molar-refractivity contribution in [3.8, 4) is 0 Å². The molecule has 3 aromatic rings. The number of halogens is 2. The fourth-order valence-electron chi connectivity index (χ4n) is 2.39. The Kier molecular flexibility index (Phi) is 5.74. The van der Waals surface area contributed by atoms with Crippen LogP contribution in [0.2, 0.25) is 5.15 Å². The van der Waals surface area contributed by atoms with Crippen LogP contribution < -0.4 is 5.32 Å². The molecule has 0 bridgehead atoms. The molecule has 0 saturated heterocycles. The summed E-state index contributed by atoms with van der Waals surface area (Å²) in [6, 6.07) is 10.0. The predicted octanol–water partition coefficient (Wildman–Crippen LogP) is 5.35. The van der Waals surface area contributed by atoms with Crippen LogP contribution in [0.1, 0.15) is 5.82 Å². The Morgan fingerprint density at radius 3 is 2.75 bits per heavy atom. The number of nitrogens with one attached hydrogen (secondary N) is 1. The number of imidazole rings is 1. The Morgan fingerprint density at radius 2 is 2.04 bits per heavy atom. The Morgan fingerprint density at radius 1 is 1.29 bits per heavy atom. The van der Waals surface area contributed by atoms with Crippen LogP contribution in [0.25, 0.3) is 11.2 Å². The SMILES string of the molecule is CN=S(C)c1ccccc1Nc1cc(Cl)nc2c1nc(C)n2PI. The number of para-hydroxylation sites is 1. The minimum atomic E-state index is -0.177. The molecule has 0 aliphatic carbocycles. The summed E-state index contributed by atoms with van der Waals surface area (Å²) in [4.78, 5) is 10.3. The van der Waals surface area contributed by atoms with Gasteiger partial charge in [0.15, 0.2) is 5.65 Å². The second-order valence-electron chi connectivity index (χ2n) is 5.03. The highest BCUT2D eigenvalue weighted by atomic mass is 127. The van der Waals surface area contributed by atoms with Crippen LogP contribution in [0.15, 0.2) is 39.6 Å². The molecule has 24 heavy (non-hydrogen) atoms. The van der Waals surface area contributed by atoms with E-state index in [2.05, 4.69) is 58.3 Å². The van der Waals surface area contributed by atoms with E-state index < -0.39 is 0 Å². The minimum Gasteiger partial charge on any atom is -0.353 e. The Balaban J connectivity index is 2.15. The van der Waals surface area contributed by atoms with Crippen molar-refractivity contribution in [3.63, 3.8) is 0 Å². The van der Waals surface area contributed by atoms with Crippen LogP contribution in [0.5, 0.6) is 0 Å². The third-order valence-electron chi connectivity index (χ3n) is 3.59. The zero-order valence-corrected chi connectivity index (χ0v) is 18.1. The molecular formula is C15H16ClIN5PS. The maximum Gasteiger partial charge on any atom is 0.167 e. The minimum absolute atomic E-state index is 0.177. The van der Waals surface area contributed by atoms with Gasteiger partial charge in [-0.1, -0.05) is 34.4 Å². The lowest BCUT2D eigenvalue weighted by atomic mass is 10.3. The summed E-state index contributed by atoms with van der Waals surface area (Å²) < 4.78 is 6.48. The molecule has 2 aromatic heterocycles. The normalized spacial score (nSPS) is 13.2. The highest BCUT2D eigenvalue weighted by molar-refractivity contribution is 14.2. The summed E-state index contributed by atoms with van der Waals surface area (Å²) in [7, 11) is 1.66. The van der Waals surface area contributed by atoms with Crippen molar-refractivity contribution < 1.29 is 0 Å². The van der Waals surface area contributed by atoms with Gasteiger partial charge >= 0.3 is 0 Å². The first kappa shape index (κ1) is 18.0. The van der Waals surface area contributed by atoms with Gasteiger partial charge in [-0.15, -0.1) is 0 Å². The number of fused-ring (bicyclic) bond motifs is 1. The first-order valence-electron chi connectivity index (χ1n) is 7.09. The van der Waals surface area contributed by atoms with Crippen LogP contribution in [0, 0.1) is 6.92 Å². The summed E-state index contributed by atoms with van der Waals surface area (Å²) in [6.07, 6.45) is 2.63. The fourth-order valence-corrected chi connectivity index (χ4v) is 5.63. The summed E-state index contributed by atoms with van der Waals surface area (Å²) in [6.45, 7) is 1.98. The number of aryl methyl sites for hydroxylation is 1. The molecule has 1 aromatic carbocycles. The van der Waals surface area contributed by atoms with Gasteiger partial charge in [-0.2, -0.15) is 0 Å².